The van der Waals surface area contributed by atoms with Gasteiger partial charge >= 0.3 is 0 Å². The van der Waals surface area contributed by atoms with Crippen LogP contribution >= 0.6 is 55.8 Å². The lowest BCUT2D eigenvalue weighted by Gasteiger charge is -2.17. The van der Waals surface area contributed by atoms with Crippen molar-refractivity contribution in [3.63, 3.8) is 0 Å². The van der Waals surface area contributed by atoms with E-state index in [-0.39, 0.29) is 5.91 Å². The highest BCUT2D eigenvalue weighted by molar-refractivity contribution is 9.10. The fraction of sp³-hybridized carbons (Fsp3) is 0.154. The molecule has 8 heteroatoms. The number of hydrogen-bond donors (Lipinski definition) is 0. The maximum absolute atomic E-state index is 13.2. The first kappa shape index (κ1) is 25.0. The molecule has 0 radical (unpaired) electrons. The Morgan fingerprint density at radius 2 is 1.79 bits per heavy atom. The molecule has 1 amide bonds. The van der Waals surface area contributed by atoms with Crippen LogP contribution in [-0.4, -0.2) is 17.3 Å². The van der Waals surface area contributed by atoms with Crippen LogP contribution in [0.25, 0.3) is 6.08 Å². The highest BCUT2D eigenvalue weighted by Gasteiger charge is 2.34. The molecule has 3 aromatic carbocycles. The Labute approximate surface area is 225 Å². The standard InChI is InChI=1S/C26H21Br2NO3S2/c1-15-4-9-21(16(2)10-15)29-25(30)23(34-26(29)33)13-18-11-20(28)24(22(12-18)31-3)32-14-17-5-7-19(27)8-6-17/h4-13H,14H2,1-3H3/b23-13-. The number of thioether (sulfide) groups is 1. The summed E-state index contributed by atoms with van der Waals surface area (Å²) < 4.78 is 13.9. The van der Waals surface area contributed by atoms with Crippen molar-refractivity contribution in [1.29, 1.82) is 0 Å². The third kappa shape index (κ3) is 5.40. The van der Waals surface area contributed by atoms with Crippen LogP contribution in [0.2, 0.25) is 0 Å². The van der Waals surface area contributed by atoms with Gasteiger partial charge < -0.3 is 9.47 Å². The molecule has 174 valence electrons. The summed E-state index contributed by atoms with van der Waals surface area (Å²) in [6, 6.07) is 17.7. The molecule has 0 unspecified atom stereocenters. The maximum Gasteiger partial charge on any atom is 0.270 e. The second-order valence-corrected chi connectivity index (χ2v) is 11.2. The average Bonchev–Trinajstić information content (AvgIpc) is 3.06. The largest absolute Gasteiger partial charge is 0.493 e. The summed E-state index contributed by atoms with van der Waals surface area (Å²) >= 11 is 13.9. The normalized spacial score (nSPS) is 14.7. The number of carbonyl (C=O) groups excluding carboxylic acids is 1. The summed E-state index contributed by atoms with van der Waals surface area (Å²) in [6.45, 7) is 4.41. The van der Waals surface area contributed by atoms with Gasteiger partial charge in [0.15, 0.2) is 15.8 Å². The van der Waals surface area contributed by atoms with Crippen LogP contribution in [0.5, 0.6) is 11.5 Å². The van der Waals surface area contributed by atoms with Gasteiger partial charge in [-0.05, 0) is 82.9 Å². The summed E-state index contributed by atoms with van der Waals surface area (Å²) in [7, 11) is 1.59. The molecule has 0 N–H and O–H groups in total. The molecule has 4 nitrogen and oxygen atoms in total. The van der Waals surface area contributed by atoms with Crippen molar-refractivity contribution in [3.8, 4) is 11.5 Å². The Hall–Kier alpha value is -2.13. The van der Waals surface area contributed by atoms with Crippen molar-refractivity contribution in [2.45, 2.75) is 20.5 Å². The first-order valence-corrected chi connectivity index (χ1v) is 13.2. The maximum atomic E-state index is 13.2. The lowest BCUT2D eigenvalue weighted by molar-refractivity contribution is -0.113. The second-order valence-electron chi connectivity index (χ2n) is 7.76. The predicted molar refractivity (Wildman–Crippen MR) is 151 cm³/mol. The summed E-state index contributed by atoms with van der Waals surface area (Å²) in [5.74, 6) is 1.04. The van der Waals surface area contributed by atoms with Gasteiger partial charge in [0, 0.05) is 4.47 Å². The zero-order valence-corrected chi connectivity index (χ0v) is 23.5. The highest BCUT2D eigenvalue weighted by atomic mass is 79.9. The van der Waals surface area contributed by atoms with Crippen molar-refractivity contribution in [3.05, 3.63) is 90.7 Å². The molecule has 1 fully saturated rings. The van der Waals surface area contributed by atoms with Gasteiger partial charge in [0.25, 0.3) is 5.91 Å². The van der Waals surface area contributed by atoms with E-state index in [2.05, 4.69) is 31.9 Å². The zero-order valence-electron chi connectivity index (χ0n) is 18.7. The summed E-state index contributed by atoms with van der Waals surface area (Å²) in [5, 5.41) is 0. The van der Waals surface area contributed by atoms with Gasteiger partial charge in [0.1, 0.15) is 6.61 Å². The Morgan fingerprint density at radius 1 is 1.06 bits per heavy atom. The first-order valence-electron chi connectivity index (χ1n) is 10.4. The van der Waals surface area contributed by atoms with Crippen LogP contribution < -0.4 is 14.4 Å². The lowest BCUT2D eigenvalue weighted by Crippen LogP contribution is -2.28. The van der Waals surface area contributed by atoms with Crippen molar-refractivity contribution in [2.24, 2.45) is 0 Å². The van der Waals surface area contributed by atoms with Crippen LogP contribution in [0.4, 0.5) is 5.69 Å². The number of rotatable bonds is 6. The number of aryl methyl sites for hydroxylation is 2. The minimum atomic E-state index is -0.132. The highest BCUT2D eigenvalue weighted by Crippen LogP contribution is 2.41. The number of anilines is 1. The van der Waals surface area contributed by atoms with Crippen molar-refractivity contribution >= 4 is 77.8 Å². The number of thiocarbonyl (C=S) groups is 1. The molecule has 1 heterocycles. The number of hydrogen-bond acceptors (Lipinski definition) is 5. The van der Waals surface area contributed by atoms with E-state index in [9.17, 15) is 4.79 Å². The molecule has 0 saturated carbocycles. The quantitative estimate of drug-likeness (QED) is 0.208. The predicted octanol–water partition coefficient (Wildman–Crippen LogP) is 7.82. The van der Waals surface area contributed by atoms with E-state index in [1.54, 1.807) is 12.0 Å². The summed E-state index contributed by atoms with van der Waals surface area (Å²) in [4.78, 5) is 15.4. The monoisotopic (exact) mass is 617 g/mol. The topological polar surface area (TPSA) is 38.8 Å². The second kappa shape index (κ2) is 10.6. The number of nitrogens with zero attached hydrogens (tertiary/aromatic N) is 1. The van der Waals surface area contributed by atoms with E-state index in [0.29, 0.717) is 27.3 Å². The average molecular weight is 619 g/mol. The third-order valence-electron chi connectivity index (χ3n) is 5.23. The van der Waals surface area contributed by atoms with Crippen molar-refractivity contribution in [2.75, 3.05) is 12.0 Å². The van der Waals surface area contributed by atoms with Crippen LogP contribution in [0.3, 0.4) is 0 Å². The number of amides is 1. The van der Waals surface area contributed by atoms with E-state index < -0.39 is 0 Å². The van der Waals surface area contributed by atoms with Gasteiger partial charge in [-0.2, -0.15) is 0 Å². The minimum absolute atomic E-state index is 0.132. The molecule has 4 rings (SSSR count). The molecule has 0 bridgehead atoms. The molecular weight excluding hydrogens is 598 g/mol. The van der Waals surface area contributed by atoms with Crippen LogP contribution in [0, 0.1) is 13.8 Å². The molecule has 0 atom stereocenters. The van der Waals surface area contributed by atoms with E-state index in [1.807, 2.05) is 74.5 Å². The summed E-state index contributed by atoms with van der Waals surface area (Å²) in [5.41, 5.74) is 4.81. The number of ether oxygens (including phenoxy) is 2. The summed E-state index contributed by atoms with van der Waals surface area (Å²) in [6.07, 6.45) is 1.83. The Kier molecular flexibility index (Phi) is 7.82. The van der Waals surface area contributed by atoms with Gasteiger partial charge in [-0.1, -0.05) is 69.7 Å². The SMILES string of the molecule is COc1cc(/C=C2\SC(=S)N(c3ccc(C)cc3C)C2=O)cc(Br)c1OCc1ccc(Br)cc1. The molecule has 1 aliphatic heterocycles. The van der Waals surface area contributed by atoms with E-state index >= 15 is 0 Å². The van der Waals surface area contributed by atoms with E-state index in [4.69, 9.17) is 21.7 Å². The van der Waals surface area contributed by atoms with Gasteiger partial charge in [0.2, 0.25) is 0 Å². The van der Waals surface area contributed by atoms with Crippen LogP contribution in [0.15, 0.2) is 68.4 Å². The smallest absolute Gasteiger partial charge is 0.270 e. The number of carbonyl (C=O) groups is 1. The molecule has 34 heavy (non-hydrogen) atoms. The number of methoxy groups -OCH3 is 1. The van der Waals surface area contributed by atoms with Crippen LogP contribution in [-0.2, 0) is 11.4 Å². The Morgan fingerprint density at radius 3 is 2.47 bits per heavy atom. The van der Waals surface area contributed by atoms with E-state index in [1.165, 1.54) is 11.8 Å². The molecule has 1 aliphatic rings. The third-order valence-corrected chi connectivity index (χ3v) is 7.65. The van der Waals surface area contributed by atoms with Crippen molar-refractivity contribution in [1.82, 2.24) is 0 Å². The molecule has 3 aromatic rings. The van der Waals surface area contributed by atoms with Gasteiger partial charge in [-0.3, -0.25) is 9.69 Å². The number of benzene rings is 3. The fourth-order valence-corrected chi connectivity index (χ4v) is 5.71. The molecule has 0 spiro atoms. The Bertz CT molecular complexity index is 1310. The van der Waals surface area contributed by atoms with Gasteiger partial charge in [0.05, 0.1) is 22.2 Å². The Balaban J connectivity index is 1.59. The minimum Gasteiger partial charge on any atom is -0.493 e. The molecule has 0 aliphatic carbocycles. The molecule has 1 saturated heterocycles. The number of halogens is 2. The van der Waals surface area contributed by atoms with E-state index in [0.717, 1.165) is 36.9 Å². The fourth-order valence-electron chi connectivity index (χ4n) is 3.58. The molecular formula is C26H21Br2NO3S2. The van der Waals surface area contributed by atoms with Crippen LogP contribution in [0.1, 0.15) is 22.3 Å². The van der Waals surface area contributed by atoms with Gasteiger partial charge in [-0.25, -0.2) is 0 Å². The lowest BCUT2D eigenvalue weighted by atomic mass is 10.1. The molecule has 0 aromatic heterocycles. The zero-order chi connectivity index (χ0) is 24.4. The van der Waals surface area contributed by atoms with Crippen molar-refractivity contribution < 1.29 is 14.3 Å². The first-order chi connectivity index (χ1) is 16.3. The van der Waals surface area contributed by atoms with Gasteiger partial charge in [-0.15, -0.1) is 0 Å².